The molecule has 0 saturated heterocycles. The van der Waals surface area contributed by atoms with Gasteiger partial charge in [-0.1, -0.05) is 0 Å². The summed E-state index contributed by atoms with van der Waals surface area (Å²) in [5.41, 5.74) is 6.06. The zero-order chi connectivity index (χ0) is 14.0. The average molecular weight is 267 g/mol. The minimum atomic E-state index is -0.470. The SMILES string of the molecule is CCOC(=O)c1nc(C)n(CC2(OC)CCC2)c1N. The Morgan fingerprint density at radius 3 is 2.68 bits per heavy atom. The van der Waals surface area contributed by atoms with Crippen LogP contribution < -0.4 is 5.73 Å². The van der Waals surface area contributed by atoms with Crippen molar-refractivity contribution in [1.29, 1.82) is 0 Å². The number of methoxy groups -OCH3 is 1. The molecule has 0 unspecified atom stereocenters. The number of imidazole rings is 1. The fourth-order valence-corrected chi connectivity index (χ4v) is 2.42. The van der Waals surface area contributed by atoms with E-state index in [-0.39, 0.29) is 11.3 Å². The van der Waals surface area contributed by atoms with Crippen molar-refractivity contribution >= 4 is 11.8 Å². The van der Waals surface area contributed by atoms with Crippen molar-refractivity contribution in [1.82, 2.24) is 9.55 Å². The van der Waals surface area contributed by atoms with E-state index in [0.717, 1.165) is 19.3 Å². The number of aromatic nitrogens is 2. The van der Waals surface area contributed by atoms with Crippen LogP contribution in [0.15, 0.2) is 0 Å². The molecular formula is C13H21N3O3. The lowest BCUT2D eigenvalue weighted by Gasteiger charge is -2.41. The fourth-order valence-electron chi connectivity index (χ4n) is 2.42. The average Bonchev–Trinajstić information content (AvgIpc) is 2.61. The van der Waals surface area contributed by atoms with Gasteiger partial charge in [-0.3, -0.25) is 0 Å². The number of aryl methyl sites for hydroxylation is 1. The standard InChI is InChI=1S/C13H21N3O3/c1-4-19-12(17)10-11(14)16(9(2)15-10)8-13(18-3)6-5-7-13/h4-8,14H2,1-3H3. The molecule has 2 N–H and O–H groups in total. The van der Waals surface area contributed by atoms with Crippen molar-refractivity contribution in [3.8, 4) is 0 Å². The van der Waals surface area contributed by atoms with Crippen molar-refractivity contribution in [2.24, 2.45) is 0 Å². The Hall–Kier alpha value is -1.56. The number of hydrogen-bond acceptors (Lipinski definition) is 5. The second-order valence-corrected chi connectivity index (χ2v) is 4.94. The van der Waals surface area contributed by atoms with E-state index in [1.54, 1.807) is 14.0 Å². The number of hydrogen-bond donors (Lipinski definition) is 1. The maximum atomic E-state index is 11.7. The summed E-state index contributed by atoms with van der Waals surface area (Å²) < 4.78 is 12.4. The van der Waals surface area contributed by atoms with Crippen molar-refractivity contribution in [2.75, 3.05) is 19.5 Å². The number of esters is 1. The topological polar surface area (TPSA) is 79.4 Å². The first kappa shape index (κ1) is 13.9. The number of nitrogens with two attached hydrogens (primary N) is 1. The Labute approximate surface area is 112 Å². The molecule has 0 spiro atoms. The van der Waals surface area contributed by atoms with Gasteiger partial charge in [0.2, 0.25) is 0 Å². The summed E-state index contributed by atoms with van der Waals surface area (Å²) in [5.74, 6) is 0.602. The van der Waals surface area contributed by atoms with E-state index in [4.69, 9.17) is 15.2 Å². The molecule has 0 amide bonds. The third-order valence-corrected chi connectivity index (χ3v) is 3.81. The van der Waals surface area contributed by atoms with Crippen LogP contribution in [0.4, 0.5) is 5.82 Å². The first-order valence-corrected chi connectivity index (χ1v) is 6.58. The lowest BCUT2D eigenvalue weighted by Crippen LogP contribution is -2.43. The largest absolute Gasteiger partial charge is 0.461 e. The number of carbonyl (C=O) groups excluding carboxylic acids is 1. The molecule has 0 aliphatic heterocycles. The summed E-state index contributed by atoms with van der Waals surface area (Å²) in [4.78, 5) is 16.0. The molecule has 1 aromatic heterocycles. The molecular weight excluding hydrogens is 246 g/mol. The Morgan fingerprint density at radius 1 is 1.53 bits per heavy atom. The maximum Gasteiger partial charge on any atom is 0.360 e. The Balaban J connectivity index is 2.24. The monoisotopic (exact) mass is 267 g/mol. The van der Waals surface area contributed by atoms with Crippen LogP contribution in [0.5, 0.6) is 0 Å². The molecule has 1 aliphatic carbocycles. The minimum Gasteiger partial charge on any atom is -0.461 e. The molecule has 19 heavy (non-hydrogen) atoms. The van der Waals surface area contributed by atoms with Crippen LogP contribution in [0.1, 0.15) is 42.5 Å². The van der Waals surface area contributed by atoms with Crippen molar-refractivity contribution in [3.63, 3.8) is 0 Å². The van der Waals surface area contributed by atoms with E-state index in [0.29, 0.717) is 24.8 Å². The summed E-state index contributed by atoms with van der Waals surface area (Å²) in [7, 11) is 1.72. The molecule has 1 fully saturated rings. The first-order chi connectivity index (χ1) is 9.03. The molecule has 0 radical (unpaired) electrons. The number of anilines is 1. The highest BCUT2D eigenvalue weighted by molar-refractivity contribution is 5.92. The van der Waals surface area contributed by atoms with Crippen LogP contribution >= 0.6 is 0 Å². The highest BCUT2D eigenvalue weighted by Gasteiger charge is 2.38. The van der Waals surface area contributed by atoms with Crippen LogP contribution in [-0.4, -0.2) is 34.8 Å². The molecule has 6 heteroatoms. The third kappa shape index (κ3) is 2.45. The highest BCUT2D eigenvalue weighted by atomic mass is 16.5. The highest BCUT2D eigenvalue weighted by Crippen LogP contribution is 2.37. The van der Waals surface area contributed by atoms with Gasteiger partial charge < -0.3 is 19.8 Å². The molecule has 6 nitrogen and oxygen atoms in total. The van der Waals surface area contributed by atoms with Gasteiger partial charge in [-0.05, 0) is 33.1 Å². The van der Waals surface area contributed by atoms with Crippen LogP contribution in [-0.2, 0) is 16.0 Å². The normalized spacial score (nSPS) is 17.0. The summed E-state index contributed by atoms with van der Waals surface area (Å²) in [6.45, 7) is 4.53. The molecule has 1 aromatic rings. The summed E-state index contributed by atoms with van der Waals surface area (Å²) >= 11 is 0. The van der Waals surface area contributed by atoms with E-state index in [1.165, 1.54) is 0 Å². The zero-order valence-electron chi connectivity index (χ0n) is 11.7. The maximum absolute atomic E-state index is 11.7. The van der Waals surface area contributed by atoms with Crippen molar-refractivity contribution in [2.45, 2.75) is 45.3 Å². The minimum absolute atomic E-state index is 0.161. The molecule has 2 rings (SSSR count). The zero-order valence-corrected chi connectivity index (χ0v) is 11.7. The molecule has 106 valence electrons. The van der Waals surface area contributed by atoms with E-state index < -0.39 is 5.97 Å². The van der Waals surface area contributed by atoms with Gasteiger partial charge in [0.05, 0.1) is 18.8 Å². The molecule has 1 heterocycles. The van der Waals surface area contributed by atoms with Gasteiger partial charge in [0.25, 0.3) is 0 Å². The molecule has 0 bridgehead atoms. The lowest BCUT2D eigenvalue weighted by atomic mass is 9.80. The second-order valence-electron chi connectivity index (χ2n) is 4.94. The third-order valence-electron chi connectivity index (χ3n) is 3.81. The summed E-state index contributed by atoms with van der Waals surface area (Å²) in [6.07, 6.45) is 3.18. The van der Waals surface area contributed by atoms with Crippen molar-refractivity contribution in [3.05, 3.63) is 11.5 Å². The molecule has 0 atom stereocenters. The van der Waals surface area contributed by atoms with Gasteiger partial charge in [-0.15, -0.1) is 0 Å². The Kier molecular flexibility index (Phi) is 3.80. The van der Waals surface area contributed by atoms with Gasteiger partial charge in [-0.2, -0.15) is 0 Å². The first-order valence-electron chi connectivity index (χ1n) is 6.58. The molecule has 1 aliphatic rings. The number of ether oxygens (including phenoxy) is 2. The summed E-state index contributed by atoms with van der Waals surface area (Å²) in [5, 5.41) is 0. The molecule has 1 saturated carbocycles. The van der Waals surface area contributed by atoms with E-state index in [2.05, 4.69) is 4.98 Å². The van der Waals surface area contributed by atoms with Gasteiger partial charge in [0.1, 0.15) is 11.6 Å². The Morgan fingerprint density at radius 2 is 2.21 bits per heavy atom. The number of rotatable bonds is 5. The Bertz CT molecular complexity index is 472. The van der Waals surface area contributed by atoms with Gasteiger partial charge in [-0.25, -0.2) is 9.78 Å². The number of nitrogen functional groups attached to an aromatic ring is 1. The quantitative estimate of drug-likeness (QED) is 0.818. The van der Waals surface area contributed by atoms with E-state index in [1.807, 2.05) is 11.5 Å². The van der Waals surface area contributed by atoms with Gasteiger partial charge >= 0.3 is 5.97 Å². The number of carbonyl (C=O) groups is 1. The van der Waals surface area contributed by atoms with Crippen molar-refractivity contribution < 1.29 is 14.3 Å². The van der Waals surface area contributed by atoms with Crippen LogP contribution in [0.2, 0.25) is 0 Å². The fraction of sp³-hybridized carbons (Fsp3) is 0.692. The predicted octanol–water partition coefficient (Wildman–Crippen LogP) is 1.52. The van der Waals surface area contributed by atoms with Crippen LogP contribution in [0.3, 0.4) is 0 Å². The second kappa shape index (κ2) is 5.21. The van der Waals surface area contributed by atoms with Gasteiger partial charge in [0.15, 0.2) is 5.69 Å². The summed E-state index contributed by atoms with van der Waals surface area (Å²) in [6, 6.07) is 0. The van der Waals surface area contributed by atoms with Crippen LogP contribution in [0, 0.1) is 6.92 Å². The van der Waals surface area contributed by atoms with E-state index >= 15 is 0 Å². The van der Waals surface area contributed by atoms with E-state index in [9.17, 15) is 4.79 Å². The molecule has 0 aromatic carbocycles. The smallest absolute Gasteiger partial charge is 0.360 e. The predicted molar refractivity (Wildman–Crippen MR) is 70.9 cm³/mol. The van der Waals surface area contributed by atoms with Crippen LogP contribution in [0.25, 0.3) is 0 Å². The lowest BCUT2D eigenvalue weighted by molar-refractivity contribution is -0.0834. The van der Waals surface area contributed by atoms with Gasteiger partial charge in [0, 0.05) is 7.11 Å². The number of nitrogens with zero attached hydrogens (tertiary/aromatic N) is 2.